The fraction of sp³-hybridized carbons (Fsp3) is 0.235. The molecule has 2 aromatic rings. The van der Waals surface area contributed by atoms with E-state index in [1.165, 1.54) is 7.11 Å². The van der Waals surface area contributed by atoms with Crippen LogP contribution in [-0.4, -0.2) is 26.2 Å². The highest BCUT2D eigenvalue weighted by Gasteiger charge is 2.23. The first kappa shape index (κ1) is 14.4. The van der Waals surface area contributed by atoms with Gasteiger partial charge in [0.25, 0.3) is 5.91 Å². The lowest BCUT2D eigenvalue weighted by Gasteiger charge is -2.22. The second kappa shape index (κ2) is 6.49. The Morgan fingerprint density at radius 3 is 2.64 bits per heavy atom. The quantitative estimate of drug-likeness (QED) is 0.943. The lowest BCUT2D eigenvalue weighted by Crippen LogP contribution is -2.24. The van der Waals surface area contributed by atoms with Crippen molar-refractivity contribution in [2.75, 3.05) is 25.6 Å². The summed E-state index contributed by atoms with van der Waals surface area (Å²) in [6, 6.07) is 14.8. The zero-order valence-corrected chi connectivity index (χ0v) is 12.2. The predicted octanol–water partition coefficient (Wildman–Crippen LogP) is 2.78. The number of ether oxygens (including phenoxy) is 3. The van der Waals surface area contributed by atoms with Crippen molar-refractivity contribution >= 4 is 11.6 Å². The number of para-hydroxylation sites is 1. The van der Waals surface area contributed by atoms with Crippen LogP contribution in [0.5, 0.6) is 11.5 Å². The number of hydrogen-bond donors (Lipinski definition) is 1. The summed E-state index contributed by atoms with van der Waals surface area (Å²) in [7, 11) is 1.51. The number of anilines is 1. The minimum Gasteiger partial charge on any atom is -0.486 e. The maximum absolute atomic E-state index is 12.5. The maximum Gasteiger partial charge on any atom is 0.258 e. The summed E-state index contributed by atoms with van der Waals surface area (Å²) in [5.74, 6) is 0.944. The number of rotatable bonds is 4. The number of hydrogen-bond acceptors (Lipinski definition) is 4. The summed E-state index contributed by atoms with van der Waals surface area (Å²) >= 11 is 0. The average Bonchev–Trinajstić information content (AvgIpc) is 2.57. The molecule has 0 saturated heterocycles. The van der Waals surface area contributed by atoms with E-state index in [9.17, 15) is 4.79 Å². The van der Waals surface area contributed by atoms with Crippen LogP contribution < -0.4 is 14.8 Å². The summed E-state index contributed by atoms with van der Waals surface area (Å²) in [4.78, 5) is 12.5. The van der Waals surface area contributed by atoms with Crippen molar-refractivity contribution in [2.24, 2.45) is 0 Å². The molecule has 1 N–H and O–H groups in total. The maximum atomic E-state index is 12.5. The smallest absolute Gasteiger partial charge is 0.258 e. The third-order valence-electron chi connectivity index (χ3n) is 3.40. The van der Waals surface area contributed by atoms with Gasteiger partial charge in [0, 0.05) is 7.11 Å². The molecular weight excluding hydrogens is 282 g/mol. The molecule has 22 heavy (non-hydrogen) atoms. The molecular formula is C17H17NO4. The summed E-state index contributed by atoms with van der Waals surface area (Å²) in [5, 5.41) is 2.85. The molecule has 0 saturated carbocycles. The van der Waals surface area contributed by atoms with E-state index in [0.717, 1.165) is 5.56 Å². The van der Waals surface area contributed by atoms with Gasteiger partial charge < -0.3 is 19.5 Å². The molecule has 1 heterocycles. The largest absolute Gasteiger partial charge is 0.486 e. The van der Waals surface area contributed by atoms with Gasteiger partial charge in [0.1, 0.15) is 13.2 Å². The number of carbonyl (C=O) groups excluding carboxylic acids is 1. The van der Waals surface area contributed by atoms with Crippen molar-refractivity contribution in [3.8, 4) is 11.5 Å². The van der Waals surface area contributed by atoms with E-state index in [0.29, 0.717) is 30.4 Å². The Balaban J connectivity index is 1.82. The van der Waals surface area contributed by atoms with Gasteiger partial charge in [-0.3, -0.25) is 4.79 Å². The molecule has 0 aliphatic carbocycles. The first-order valence-corrected chi connectivity index (χ1v) is 7.07. The second-order valence-corrected chi connectivity index (χ2v) is 4.85. The molecule has 0 radical (unpaired) electrons. The minimum atomic E-state index is -0.679. The van der Waals surface area contributed by atoms with Crippen molar-refractivity contribution in [3.05, 3.63) is 54.1 Å². The van der Waals surface area contributed by atoms with Crippen LogP contribution in [-0.2, 0) is 9.53 Å². The fourth-order valence-electron chi connectivity index (χ4n) is 2.39. The number of nitrogens with one attached hydrogen (secondary N) is 1. The molecule has 114 valence electrons. The molecule has 1 amide bonds. The van der Waals surface area contributed by atoms with Gasteiger partial charge >= 0.3 is 0 Å². The highest BCUT2D eigenvalue weighted by atomic mass is 16.6. The Kier molecular flexibility index (Phi) is 4.25. The topological polar surface area (TPSA) is 56.8 Å². The van der Waals surface area contributed by atoms with E-state index in [4.69, 9.17) is 14.2 Å². The van der Waals surface area contributed by atoms with Crippen molar-refractivity contribution in [1.29, 1.82) is 0 Å². The molecule has 0 spiro atoms. The number of methoxy groups -OCH3 is 1. The Hall–Kier alpha value is -2.53. The Morgan fingerprint density at radius 2 is 1.86 bits per heavy atom. The highest BCUT2D eigenvalue weighted by Crippen LogP contribution is 2.37. The van der Waals surface area contributed by atoms with Crippen molar-refractivity contribution in [3.63, 3.8) is 0 Å². The summed E-state index contributed by atoms with van der Waals surface area (Å²) < 4.78 is 16.4. The van der Waals surface area contributed by atoms with Gasteiger partial charge in [-0.05, 0) is 17.7 Å². The van der Waals surface area contributed by atoms with Gasteiger partial charge in [-0.15, -0.1) is 0 Å². The van der Waals surface area contributed by atoms with Crippen molar-refractivity contribution in [1.82, 2.24) is 0 Å². The fourth-order valence-corrected chi connectivity index (χ4v) is 2.39. The second-order valence-electron chi connectivity index (χ2n) is 4.85. The normalized spacial score (nSPS) is 14.2. The average molecular weight is 299 g/mol. The first-order valence-electron chi connectivity index (χ1n) is 7.07. The molecule has 1 aliphatic heterocycles. The van der Waals surface area contributed by atoms with E-state index < -0.39 is 6.10 Å². The number of carbonyl (C=O) groups is 1. The van der Waals surface area contributed by atoms with E-state index in [1.807, 2.05) is 42.5 Å². The van der Waals surface area contributed by atoms with E-state index in [1.54, 1.807) is 6.07 Å². The SMILES string of the molecule is CO[C@@H](C(=O)Nc1cccc2c1OCCO2)c1ccccc1. The number of amides is 1. The third kappa shape index (κ3) is 2.89. The van der Waals surface area contributed by atoms with Gasteiger partial charge in [-0.1, -0.05) is 36.4 Å². The van der Waals surface area contributed by atoms with Crippen LogP contribution >= 0.6 is 0 Å². The zero-order valence-electron chi connectivity index (χ0n) is 12.2. The molecule has 0 bridgehead atoms. The van der Waals surface area contributed by atoms with E-state index in [2.05, 4.69) is 5.32 Å². The van der Waals surface area contributed by atoms with Crippen LogP contribution in [0.25, 0.3) is 0 Å². The van der Waals surface area contributed by atoms with Crippen LogP contribution in [0.2, 0.25) is 0 Å². The van der Waals surface area contributed by atoms with Crippen LogP contribution in [0.15, 0.2) is 48.5 Å². The Morgan fingerprint density at radius 1 is 1.09 bits per heavy atom. The standard InChI is InChI=1S/C17H17NO4/c1-20-15(12-6-3-2-4-7-12)17(19)18-13-8-5-9-14-16(13)22-11-10-21-14/h2-9,15H,10-11H2,1H3,(H,18,19)/t15-/m1/s1. The summed E-state index contributed by atoms with van der Waals surface area (Å²) in [5.41, 5.74) is 1.38. The molecule has 3 rings (SSSR count). The molecule has 5 nitrogen and oxygen atoms in total. The van der Waals surface area contributed by atoms with Gasteiger partial charge in [-0.2, -0.15) is 0 Å². The van der Waals surface area contributed by atoms with Crippen LogP contribution in [0.4, 0.5) is 5.69 Å². The molecule has 2 aromatic carbocycles. The molecule has 0 unspecified atom stereocenters. The monoisotopic (exact) mass is 299 g/mol. The molecule has 1 aliphatic rings. The van der Waals surface area contributed by atoms with E-state index >= 15 is 0 Å². The van der Waals surface area contributed by atoms with Crippen LogP contribution in [0, 0.1) is 0 Å². The summed E-state index contributed by atoms with van der Waals surface area (Å²) in [6.45, 7) is 0.974. The van der Waals surface area contributed by atoms with E-state index in [-0.39, 0.29) is 5.91 Å². The van der Waals surface area contributed by atoms with Gasteiger partial charge in [0.2, 0.25) is 0 Å². The number of fused-ring (bicyclic) bond motifs is 1. The van der Waals surface area contributed by atoms with Gasteiger partial charge in [0.05, 0.1) is 5.69 Å². The molecule has 1 atom stereocenters. The predicted molar refractivity (Wildman–Crippen MR) is 82.3 cm³/mol. The van der Waals surface area contributed by atoms with Gasteiger partial charge in [0.15, 0.2) is 17.6 Å². The minimum absolute atomic E-state index is 0.253. The van der Waals surface area contributed by atoms with Crippen LogP contribution in [0.3, 0.4) is 0 Å². The lowest BCUT2D eigenvalue weighted by molar-refractivity contribution is -0.126. The van der Waals surface area contributed by atoms with Gasteiger partial charge in [-0.25, -0.2) is 0 Å². The zero-order chi connectivity index (χ0) is 15.4. The third-order valence-corrected chi connectivity index (χ3v) is 3.40. The lowest BCUT2D eigenvalue weighted by atomic mass is 10.1. The Bertz CT molecular complexity index is 657. The molecule has 5 heteroatoms. The molecule has 0 aromatic heterocycles. The molecule has 0 fully saturated rings. The number of benzene rings is 2. The Labute approximate surface area is 128 Å². The van der Waals surface area contributed by atoms with Crippen molar-refractivity contribution < 1.29 is 19.0 Å². The van der Waals surface area contributed by atoms with Crippen LogP contribution in [0.1, 0.15) is 11.7 Å². The first-order chi connectivity index (χ1) is 10.8. The highest BCUT2D eigenvalue weighted by molar-refractivity contribution is 5.96. The van der Waals surface area contributed by atoms with Crippen molar-refractivity contribution in [2.45, 2.75) is 6.10 Å². The summed E-state index contributed by atoms with van der Waals surface area (Å²) in [6.07, 6.45) is -0.679.